The van der Waals surface area contributed by atoms with Gasteiger partial charge in [0.1, 0.15) is 5.82 Å². The average Bonchev–Trinajstić information content (AvgIpc) is 3.41. The first kappa shape index (κ1) is 20.3. The molecule has 1 aromatic heterocycles. The lowest BCUT2D eigenvalue weighted by Crippen LogP contribution is -2.29. The Hall–Kier alpha value is -2.65. The molecule has 1 atom stereocenters. The molecular formula is C22H22N4O3S2. The van der Waals surface area contributed by atoms with Crippen LogP contribution in [0.25, 0.3) is 11.1 Å². The number of nitrogens with one attached hydrogen (secondary N) is 1. The summed E-state index contributed by atoms with van der Waals surface area (Å²) in [5.41, 5.74) is 4.51. The number of thioether (sulfide) groups is 1. The van der Waals surface area contributed by atoms with Crippen molar-refractivity contribution in [2.75, 3.05) is 17.3 Å². The molecule has 1 aliphatic carbocycles. The molecule has 2 aliphatic rings. The molecule has 160 valence electrons. The fraction of sp³-hybridized carbons (Fsp3) is 0.318. The van der Waals surface area contributed by atoms with Gasteiger partial charge >= 0.3 is 0 Å². The second-order valence-corrected chi connectivity index (χ2v) is 11.1. The van der Waals surface area contributed by atoms with E-state index in [-0.39, 0.29) is 35.1 Å². The molecule has 1 aliphatic heterocycles. The standard InChI is InChI=1S/C22H22N4O3S2/c1-26-21(14-10-11-31(28,29)13-14)24-25-22(26)30-12-19(27)23-20-17-8-4-2-6-15(17)16-7-3-5-9-18(16)20/h2-9,14,20H,10-13H2,1H3,(H,23,27)/t14-/m1/s1. The molecule has 5 rings (SSSR count). The van der Waals surface area contributed by atoms with Gasteiger partial charge in [0.15, 0.2) is 15.0 Å². The van der Waals surface area contributed by atoms with E-state index in [0.29, 0.717) is 17.4 Å². The van der Waals surface area contributed by atoms with E-state index >= 15 is 0 Å². The maximum atomic E-state index is 12.8. The van der Waals surface area contributed by atoms with E-state index in [0.717, 1.165) is 22.3 Å². The van der Waals surface area contributed by atoms with Gasteiger partial charge in [0.05, 0.1) is 23.3 Å². The molecule has 0 unspecified atom stereocenters. The lowest BCUT2D eigenvalue weighted by Gasteiger charge is -2.15. The molecule has 1 fully saturated rings. The number of amides is 1. The Morgan fingerprint density at radius 2 is 1.74 bits per heavy atom. The Bertz CT molecular complexity index is 1220. The molecule has 2 heterocycles. The van der Waals surface area contributed by atoms with E-state index in [2.05, 4.69) is 39.8 Å². The molecule has 7 nitrogen and oxygen atoms in total. The van der Waals surface area contributed by atoms with Gasteiger partial charge in [-0.15, -0.1) is 10.2 Å². The monoisotopic (exact) mass is 454 g/mol. The summed E-state index contributed by atoms with van der Waals surface area (Å²) in [7, 11) is -1.17. The molecule has 0 spiro atoms. The predicted octanol–water partition coefficient (Wildman–Crippen LogP) is 2.70. The highest BCUT2D eigenvalue weighted by molar-refractivity contribution is 7.99. The van der Waals surface area contributed by atoms with Crippen LogP contribution in [0.5, 0.6) is 0 Å². The minimum absolute atomic E-state index is 0.0884. The van der Waals surface area contributed by atoms with Crippen LogP contribution < -0.4 is 5.32 Å². The lowest BCUT2D eigenvalue weighted by molar-refractivity contribution is -0.119. The van der Waals surface area contributed by atoms with Gasteiger partial charge in [0.25, 0.3) is 0 Å². The summed E-state index contributed by atoms with van der Waals surface area (Å²) in [6.07, 6.45) is 0.569. The van der Waals surface area contributed by atoms with Gasteiger partial charge in [-0.1, -0.05) is 60.3 Å². The molecule has 0 saturated carbocycles. The lowest BCUT2D eigenvalue weighted by atomic mass is 10.1. The number of nitrogens with zero attached hydrogens (tertiary/aromatic N) is 3. The van der Waals surface area contributed by atoms with Crippen molar-refractivity contribution in [3.05, 3.63) is 65.5 Å². The Morgan fingerprint density at radius 3 is 2.35 bits per heavy atom. The summed E-state index contributed by atoms with van der Waals surface area (Å²) >= 11 is 1.31. The van der Waals surface area contributed by atoms with Crippen molar-refractivity contribution in [2.45, 2.75) is 23.5 Å². The molecule has 31 heavy (non-hydrogen) atoms. The highest BCUT2D eigenvalue weighted by Gasteiger charge is 2.33. The molecule has 0 bridgehead atoms. The zero-order valence-corrected chi connectivity index (χ0v) is 18.6. The number of fused-ring (bicyclic) bond motifs is 3. The van der Waals surface area contributed by atoms with Crippen LogP contribution in [0.2, 0.25) is 0 Å². The van der Waals surface area contributed by atoms with Crippen molar-refractivity contribution >= 4 is 27.5 Å². The van der Waals surface area contributed by atoms with Gasteiger partial charge in [0.2, 0.25) is 5.91 Å². The third kappa shape index (κ3) is 3.76. The smallest absolute Gasteiger partial charge is 0.231 e. The molecule has 9 heteroatoms. The quantitative estimate of drug-likeness (QED) is 0.596. The maximum absolute atomic E-state index is 12.8. The van der Waals surface area contributed by atoms with Crippen molar-refractivity contribution in [3.8, 4) is 11.1 Å². The van der Waals surface area contributed by atoms with E-state index < -0.39 is 9.84 Å². The van der Waals surface area contributed by atoms with Crippen molar-refractivity contribution in [3.63, 3.8) is 0 Å². The van der Waals surface area contributed by atoms with Crippen LogP contribution in [-0.2, 0) is 21.7 Å². The second-order valence-electron chi connectivity index (χ2n) is 7.96. The minimum Gasteiger partial charge on any atom is -0.344 e. The number of benzene rings is 2. The van der Waals surface area contributed by atoms with Crippen molar-refractivity contribution in [2.24, 2.45) is 7.05 Å². The molecule has 1 N–H and O–H groups in total. The number of hydrogen-bond acceptors (Lipinski definition) is 6. The number of sulfone groups is 1. The normalized spacial score (nSPS) is 19.2. The Morgan fingerprint density at radius 1 is 1.10 bits per heavy atom. The summed E-state index contributed by atoms with van der Waals surface area (Å²) in [5.74, 6) is 0.967. The highest BCUT2D eigenvalue weighted by atomic mass is 32.2. The van der Waals surface area contributed by atoms with Crippen LogP contribution in [0.15, 0.2) is 53.7 Å². The maximum Gasteiger partial charge on any atom is 0.231 e. The summed E-state index contributed by atoms with van der Waals surface area (Å²) in [6, 6.07) is 16.1. The number of rotatable bonds is 5. The van der Waals surface area contributed by atoms with Crippen LogP contribution in [0.4, 0.5) is 0 Å². The van der Waals surface area contributed by atoms with E-state index in [1.54, 1.807) is 0 Å². The summed E-state index contributed by atoms with van der Waals surface area (Å²) in [6.45, 7) is 0. The first-order valence-corrected chi connectivity index (χ1v) is 12.9. The molecular weight excluding hydrogens is 432 g/mol. The minimum atomic E-state index is -2.99. The van der Waals surface area contributed by atoms with Gasteiger partial charge < -0.3 is 9.88 Å². The van der Waals surface area contributed by atoms with Gasteiger partial charge in [0, 0.05) is 13.0 Å². The largest absolute Gasteiger partial charge is 0.344 e. The van der Waals surface area contributed by atoms with Gasteiger partial charge in [-0.3, -0.25) is 4.79 Å². The Balaban J connectivity index is 1.27. The fourth-order valence-electron chi connectivity index (χ4n) is 4.45. The Kier molecular flexibility index (Phi) is 5.10. The molecule has 1 amide bonds. The average molecular weight is 455 g/mol. The topological polar surface area (TPSA) is 93.9 Å². The molecule has 1 saturated heterocycles. The number of aromatic nitrogens is 3. The van der Waals surface area contributed by atoms with E-state index in [4.69, 9.17) is 0 Å². The van der Waals surface area contributed by atoms with Crippen LogP contribution >= 0.6 is 11.8 Å². The van der Waals surface area contributed by atoms with Crippen molar-refractivity contribution in [1.29, 1.82) is 0 Å². The van der Waals surface area contributed by atoms with E-state index in [1.165, 1.54) is 11.8 Å². The van der Waals surface area contributed by atoms with Crippen LogP contribution in [0.1, 0.15) is 35.3 Å². The number of carbonyl (C=O) groups is 1. The van der Waals surface area contributed by atoms with Gasteiger partial charge in [-0.2, -0.15) is 0 Å². The summed E-state index contributed by atoms with van der Waals surface area (Å²) in [5, 5.41) is 12.2. The third-order valence-corrected chi connectivity index (χ3v) is 8.73. The number of hydrogen-bond donors (Lipinski definition) is 1. The SMILES string of the molecule is Cn1c(SCC(=O)NC2c3ccccc3-c3ccccc32)nnc1[C@@H]1CCS(=O)(=O)C1. The van der Waals surface area contributed by atoms with Gasteiger partial charge in [-0.05, 0) is 28.7 Å². The van der Waals surface area contributed by atoms with Crippen LogP contribution in [0.3, 0.4) is 0 Å². The summed E-state index contributed by atoms with van der Waals surface area (Å²) in [4.78, 5) is 12.8. The van der Waals surface area contributed by atoms with Gasteiger partial charge in [-0.25, -0.2) is 8.42 Å². The first-order valence-electron chi connectivity index (χ1n) is 10.1. The highest BCUT2D eigenvalue weighted by Crippen LogP contribution is 2.43. The fourth-order valence-corrected chi connectivity index (χ4v) is 6.92. The van der Waals surface area contributed by atoms with Crippen molar-refractivity contribution < 1.29 is 13.2 Å². The van der Waals surface area contributed by atoms with Crippen LogP contribution in [0, 0.1) is 0 Å². The third-order valence-electron chi connectivity index (χ3n) is 5.94. The second kappa shape index (κ2) is 7.80. The summed E-state index contributed by atoms with van der Waals surface area (Å²) < 4.78 is 25.4. The zero-order chi connectivity index (χ0) is 21.6. The van der Waals surface area contributed by atoms with Crippen molar-refractivity contribution in [1.82, 2.24) is 20.1 Å². The zero-order valence-electron chi connectivity index (χ0n) is 17.0. The molecule has 0 radical (unpaired) electrons. The van der Waals surface area contributed by atoms with E-state index in [1.807, 2.05) is 35.9 Å². The van der Waals surface area contributed by atoms with Crippen LogP contribution in [-0.4, -0.2) is 46.3 Å². The van der Waals surface area contributed by atoms with E-state index in [9.17, 15) is 13.2 Å². The Labute approximate surface area is 185 Å². The predicted molar refractivity (Wildman–Crippen MR) is 120 cm³/mol. The molecule has 3 aromatic rings. The first-order chi connectivity index (χ1) is 14.9. The molecule has 2 aromatic carbocycles. The number of carbonyl (C=O) groups excluding carboxylic acids is 1.